The monoisotopic (exact) mass is 282 g/mol. The molecule has 1 unspecified atom stereocenters. The van der Waals surface area contributed by atoms with Crippen LogP contribution in [0.15, 0.2) is 18.2 Å². The molecule has 0 aliphatic heterocycles. The maximum absolute atomic E-state index is 10.9. The standard InChI is InChI=1S/C14H22N2O4/c1-4-6-11(10-19-3)15-12-7-13(16(17)18)9-14(8-12)20-5-2/h7-9,11,15H,4-6,10H2,1-3H3. The summed E-state index contributed by atoms with van der Waals surface area (Å²) < 4.78 is 10.5. The first-order chi connectivity index (χ1) is 9.60. The number of methoxy groups -OCH3 is 1. The molecular weight excluding hydrogens is 260 g/mol. The molecule has 0 amide bonds. The fraction of sp³-hybridized carbons (Fsp3) is 0.571. The quantitative estimate of drug-likeness (QED) is 0.556. The number of hydrogen-bond donors (Lipinski definition) is 1. The molecule has 1 rings (SSSR count). The van der Waals surface area contributed by atoms with E-state index in [4.69, 9.17) is 9.47 Å². The molecule has 1 aromatic rings. The number of rotatable bonds is 9. The van der Waals surface area contributed by atoms with E-state index in [0.717, 1.165) is 12.8 Å². The predicted molar refractivity (Wildman–Crippen MR) is 78.5 cm³/mol. The van der Waals surface area contributed by atoms with Crippen molar-refractivity contribution >= 4 is 11.4 Å². The fourth-order valence-electron chi connectivity index (χ4n) is 2.00. The Bertz CT molecular complexity index is 431. The Kier molecular flexibility index (Phi) is 6.79. The van der Waals surface area contributed by atoms with Crippen molar-refractivity contribution in [2.24, 2.45) is 0 Å². The summed E-state index contributed by atoms with van der Waals surface area (Å²) in [5.41, 5.74) is 0.698. The summed E-state index contributed by atoms with van der Waals surface area (Å²) in [6.07, 6.45) is 1.94. The Morgan fingerprint density at radius 2 is 2.10 bits per heavy atom. The third-order valence-corrected chi connectivity index (χ3v) is 2.79. The number of benzene rings is 1. The number of nitro benzene ring substituents is 1. The molecule has 0 bridgehead atoms. The van der Waals surface area contributed by atoms with Crippen LogP contribution >= 0.6 is 0 Å². The second-order valence-corrected chi connectivity index (χ2v) is 4.49. The number of anilines is 1. The molecule has 1 aromatic carbocycles. The van der Waals surface area contributed by atoms with Gasteiger partial charge in [0, 0.05) is 31.0 Å². The third-order valence-electron chi connectivity index (χ3n) is 2.79. The molecule has 20 heavy (non-hydrogen) atoms. The van der Waals surface area contributed by atoms with E-state index in [1.165, 1.54) is 12.1 Å². The zero-order chi connectivity index (χ0) is 15.0. The van der Waals surface area contributed by atoms with Crippen molar-refractivity contribution in [1.29, 1.82) is 0 Å². The van der Waals surface area contributed by atoms with Crippen molar-refractivity contribution < 1.29 is 14.4 Å². The van der Waals surface area contributed by atoms with Gasteiger partial charge >= 0.3 is 0 Å². The summed E-state index contributed by atoms with van der Waals surface area (Å²) in [5, 5.41) is 14.2. The van der Waals surface area contributed by atoms with Crippen LogP contribution in [0.4, 0.5) is 11.4 Å². The van der Waals surface area contributed by atoms with Crippen LogP contribution in [0.2, 0.25) is 0 Å². The average Bonchev–Trinajstić information content (AvgIpc) is 2.39. The van der Waals surface area contributed by atoms with Crippen molar-refractivity contribution in [3.8, 4) is 5.75 Å². The lowest BCUT2D eigenvalue weighted by Gasteiger charge is -2.19. The van der Waals surface area contributed by atoms with E-state index in [1.807, 2.05) is 6.92 Å². The molecule has 0 fully saturated rings. The Morgan fingerprint density at radius 1 is 1.35 bits per heavy atom. The van der Waals surface area contributed by atoms with Crippen LogP contribution < -0.4 is 10.1 Å². The lowest BCUT2D eigenvalue weighted by Crippen LogP contribution is -2.24. The van der Waals surface area contributed by atoms with E-state index in [0.29, 0.717) is 24.7 Å². The van der Waals surface area contributed by atoms with E-state index >= 15 is 0 Å². The molecule has 6 nitrogen and oxygen atoms in total. The summed E-state index contributed by atoms with van der Waals surface area (Å²) in [5.74, 6) is 0.497. The molecule has 0 radical (unpaired) electrons. The van der Waals surface area contributed by atoms with Gasteiger partial charge in [0.2, 0.25) is 0 Å². The van der Waals surface area contributed by atoms with Crippen molar-refractivity contribution in [2.75, 3.05) is 25.6 Å². The van der Waals surface area contributed by atoms with Crippen molar-refractivity contribution in [3.63, 3.8) is 0 Å². The first-order valence-electron chi connectivity index (χ1n) is 6.78. The molecule has 0 spiro atoms. The first kappa shape index (κ1) is 16.2. The largest absolute Gasteiger partial charge is 0.494 e. The number of nitrogens with zero attached hydrogens (tertiary/aromatic N) is 1. The zero-order valence-electron chi connectivity index (χ0n) is 12.2. The van der Waals surface area contributed by atoms with Crippen LogP contribution in [-0.4, -0.2) is 31.3 Å². The van der Waals surface area contributed by atoms with Gasteiger partial charge in [0.15, 0.2) is 0 Å². The van der Waals surface area contributed by atoms with Crippen LogP contribution in [0.1, 0.15) is 26.7 Å². The maximum Gasteiger partial charge on any atom is 0.275 e. The SMILES string of the molecule is CCCC(COC)Nc1cc(OCC)cc([N+](=O)[O-])c1. The summed E-state index contributed by atoms with van der Waals surface area (Å²) in [6.45, 7) is 4.96. The van der Waals surface area contributed by atoms with Gasteiger partial charge in [-0.15, -0.1) is 0 Å². The summed E-state index contributed by atoms with van der Waals surface area (Å²) in [7, 11) is 1.64. The highest BCUT2D eigenvalue weighted by molar-refractivity contribution is 5.56. The fourth-order valence-corrected chi connectivity index (χ4v) is 2.00. The molecule has 0 saturated carbocycles. The van der Waals surface area contributed by atoms with Crippen LogP contribution in [0, 0.1) is 10.1 Å². The molecular formula is C14H22N2O4. The normalized spacial score (nSPS) is 11.9. The van der Waals surface area contributed by atoms with E-state index in [1.54, 1.807) is 13.2 Å². The number of nitro groups is 1. The topological polar surface area (TPSA) is 73.6 Å². The smallest absolute Gasteiger partial charge is 0.275 e. The summed E-state index contributed by atoms with van der Waals surface area (Å²) in [4.78, 5) is 10.5. The summed E-state index contributed by atoms with van der Waals surface area (Å²) >= 11 is 0. The van der Waals surface area contributed by atoms with E-state index < -0.39 is 4.92 Å². The zero-order valence-corrected chi connectivity index (χ0v) is 12.2. The highest BCUT2D eigenvalue weighted by Crippen LogP contribution is 2.27. The van der Waals surface area contributed by atoms with Gasteiger partial charge in [0.1, 0.15) is 5.75 Å². The van der Waals surface area contributed by atoms with Crippen LogP contribution in [-0.2, 0) is 4.74 Å². The van der Waals surface area contributed by atoms with Gasteiger partial charge in [0.25, 0.3) is 5.69 Å². The van der Waals surface area contributed by atoms with Crippen LogP contribution in [0.25, 0.3) is 0 Å². The molecule has 0 aromatic heterocycles. The minimum absolute atomic E-state index is 0.0196. The highest BCUT2D eigenvalue weighted by atomic mass is 16.6. The minimum Gasteiger partial charge on any atom is -0.494 e. The Balaban J connectivity index is 2.93. The Morgan fingerprint density at radius 3 is 2.65 bits per heavy atom. The minimum atomic E-state index is -0.418. The maximum atomic E-state index is 10.9. The second kappa shape index (κ2) is 8.37. The van der Waals surface area contributed by atoms with E-state index in [2.05, 4.69) is 12.2 Å². The second-order valence-electron chi connectivity index (χ2n) is 4.49. The van der Waals surface area contributed by atoms with Crippen molar-refractivity contribution in [3.05, 3.63) is 28.3 Å². The molecule has 6 heteroatoms. The molecule has 0 saturated heterocycles. The lowest BCUT2D eigenvalue weighted by molar-refractivity contribution is -0.384. The van der Waals surface area contributed by atoms with E-state index in [9.17, 15) is 10.1 Å². The first-order valence-corrected chi connectivity index (χ1v) is 6.78. The Labute approximate surface area is 119 Å². The third kappa shape index (κ3) is 5.05. The average molecular weight is 282 g/mol. The van der Waals surface area contributed by atoms with Gasteiger partial charge in [-0.3, -0.25) is 10.1 Å². The van der Waals surface area contributed by atoms with Gasteiger partial charge in [-0.25, -0.2) is 0 Å². The van der Waals surface area contributed by atoms with Crippen molar-refractivity contribution in [2.45, 2.75) is 32.7 Å². The molecule has 1 atom stereocenters. The number of nitrogens with one attached hydrogen (secondary N) is 1. The number of hydrogen-bond acceptors (Lipinski definition) is 5. The van der Waals surface area contributed by atoms with Gasteiger partial charge in [-0.05, 0) is 13.3 Å². The summed E-state index contributed by atoms with van der Waals surface area (Å²) in [6, 6.07) is 4.84. The van der Waals surface area contributed by atoms with Crippen LogP contribution in [0.5, 0.6) is 5.75 Å². The molecule has 112 valence electrons. The van der Waals surface area contributed by atoms with Gasteiger partial charge in [0.05, 0.1) is 24.2 Å². The van der Waals surface area contributed by atoms with Gasteiger partial charge in [-0.1, -0.05) is 13.3 Å². The van der Waals surface area contributed by atoms with Crippen molar-refractivity contribution in [1.82, 2.24) is 0 Å². The van der Waals surface area contributed by atoms with Gasteiger partial charge in [-0.2, -0.15) is 0 Å². The molecule has 1 N–H and O–H groups in total. The Hall–Kier alpha value is -1.82. The van der Waals surface area contributed by atoms with Gasteiger partial charge < -0.3 is 14.8 Å². The number of ether oxygens (including phenoxy) is 2. The van der Waals surface area contributed by atoms with Crippen LogP contribution in [0.3, 0.4) is 0 Å². The molecule has 0 aliphatic rings. The predicted octanol–water partition coefficient (Wildman–Crippen LogP) is 3.22. The lowest BCUT2D eigenvalue weighted by atomic mass is 10.1. The molecule has 0 heterocycles. The van der Waals surface area contributed by atoms with E-state index in [-0.39, 0.29) is 11.7 Å². The molecule has 0 aliphatic carbocycles. The number of non-ortho nitro benzene ring substituents is 1. The highest BCUT2D eigenvalue weighted by Gasteiger charge is 2.13.